The van der Waals surface area contributed by atoms with E-state index < -0.39 is 23.9 Å². The number of carboxylic acid groups (broad SMARTS) is 4. The smallest absolute Gasteiger partial charge is 0.300 e. The number of fused-ring (bicyclic) bond motifs is 3. The van der Waals surface area contributed by atoms with E-state index in [0.29, 0.717) is 0 Å². The van der Waals surface area contributed by atoms with Crippen LogP contribution in [0.25, 0.3) is 21.8 Å². The Hall–Kier alpha value is -2.79. The zero-order valence-electron chi connectivity index (χ0n) is 17.3. The molecule has 4 N–H and O–H groups in total. The van der Waals surface area contributed by atoms with Crippen molar-refractivity contribution in [2.75, 3.05) is 0 Å². The minimum Gasteiger partial charge on any atom is -0.481 e. The molecule has 0 saturated heterocycles. The molecule has 0 bridgehead atoms. The topological polar surface area (TPSA) is 175 Å². The van der Waals surface area contributed by atoms with Gasteiger partial charge in [-0.1, -0.05) is 12.1 Å². The molecular formula is C20H24N2O8Tb. The van der Waals surface area contributed by atoms with Gasteiger partial charge < -0.3 is 20.4 Å². The predicted molar refractivity (Wildman–Crippen MR) is 110 cm³/mol. The fraction of sp³-hybridized carbons (Fsp3) is 0.200. The van der Waals surface area contributed by atoms with Crippen LogP contribution >= 0.6 is 0 Å². The molecule has 171 valence electrons. The van der Waals surface area contributed by atoms with Crippen LogP contribution in [0.3, 0.4) is 0 Å². The van der Waals surface area contributed by atoms with Crippen LogP contribution in [0.2, 0.25) is 0 Å². The van der Waals surface area contributed by atoms with Crippen molar-refractivity contribution in [3.8, 4) is 0 Å². The van der Waals surface area contributed by atoms with E-state index in [1.54, 1.807) is 6.20 Å². The van der Waals surface area contributed by atoms with Crippen LogP contribution in [0.5, 0.6) is 0 Å². The summed E-state index contributed by atoms with van der Waals surface area (Å²) in [5.41, 5.74) is 2.02. The molecule has 10 nitrogen and oxygen atoms in total. The number of carbonyl (C=O) groups is 4. The van der Waals surface area contributed by atoms with Crippen molar-refractivity contribution in [3.05, 3.63) is 48.8 Å². The van der Waals surface area contributed by atoms with Gasteiger partial charge in [-0.2, -0.15) is 0 Å². The van der Waals surface area contributed by atoms with Gasteiger partial charge in [-0.25, -0.2) is 0 Å². The summed E-state index contributed by atoms with van der Waals surface area (Å²) in [6.45, 7) is 4.33. The number of nitrogens with zero attached hydrogens (tertiary/aromatic N) is 2. The normalized spacial score (nSPS) is 8.13. The van der Waals surface area contributed by atoms with Crippen LogP contribution in [0.15, 0.2) is 48.8 Å². The largest absolute Gasteiger partial charge is 0.481 e. The summed E-state index contributed by atoms with van der Waals surface area (Å²) >= 11 is 0. The number of hydrogen-bond acceptors (Lipinski definition) is 6. The molecule has 0 aliphatic rings. The zero-order chi connectivity index (χ0) is 23.7. The third-order valence-electron chi connectivity index (χ3n) is 2.35. The second-order valence-electron chi connectivity index (χ2n) is 5.29. The average molecular weight is 579 g/mol. The van der Waals surface area contributed by atoms with E-state index in [9.17, 15) is 0 Å². The quantitative estimate of drug-likeness (QED) is 0.290. The van der Waals surface area contributed by atoms with Crippen molar-refractivity contribution in [1.82, 2.24) is 9.97 Å². The van der Waals surface area contributed by atoms with Gasteiger partial charge in [0.1, 0.15) is 0 Å². The van der Waals surface area contributed by atoms with Crippen LogP contribution in [-0.4, -0.2) is 54.3 Å². The monoisotopic (exact) mass is 579 g/mol. The Morgan fingerprint density at radius 1 is 0.645 bits per heavy atom. The Bertz CT molecular complexity index is 861. The summed E-state index contributed by atoms with van der Waals surface area (Å²) in [6.07, 6.45) is 3.62. The zero-order valence-corrected chi connectivity index (χ0v) is 19.4. The number of benzene rings is 1. The molecule has 31 heavy (non-hydrogen) atoms. The van der Waals surface area contributed by atoms with Crippen LogP contribution in [0, 0.1) is 38.6 Å². The molecule has 0 aliphatic heterocycles. The SMILES string of the molecule is CC(=O)O.CC(=O)O.CC(=O)O.CC(=O)O.[Tb].c1cnc2c(c1)ccc1ncccc12. The molecular weight excluding hydrogens is 555 g/mol. The molecule has 3 rings (SSSR count). The number of rotatable bonds is 0. The molecule has 0 atom stereocenters. The first-order valence-corrected chi connectivity index (χ1v) is 8.25. The first-order valence-electron chi connectivity index (χ1n) is 8.25. The van der Waals surface area contributed by atoms with Gasteiger partial charge in [0.2, 0.25) is 0 Å². The molecule has 2 heterocycles. The molecule has 0 fully saturated rings. The molecule has 1 aromatic carbocycles. The van der Waals surface area contributed by atoms with Gasteiger partial charge in [-0.3, -0.25) is 29.1 Å². The third-order valence-corrected chi connectivity index (χ3v) is 2.35. The van der Waals surface area contributed by atoms with Gasteiger partial charge in [0, 0.05) is 89.5 Å². The van der Waals surface area contributed by atoms with Crippen LogP contribution < -0.4 is 0 Å². The molecule has 0 aliphatic carbocycles. The van der Waals surface area contributed by atoms with Gasteiger partial charge in [0.25, 0.3) is 23.9 Å². The molecule has 0 saturated carbocycles. The van der Waals surface area contributed by atoms with E-state index in [0.717, 1.165) is 49.5 Å². The average Bonchev–Trinajstić information content (AvgIpc) is 2.60. The third kappa shape index (κ3) is 21.7. The maximum Gasteiger partial charge on any atom is 0.300 e. The predicted octanol–water partition coefficient (Wildman–Crippen LogP) is 3.15. The molecule has 11 heteroatoms. The maximum atomic E-state index is 9.00. The van der Waals surface area contributed by atoms with Crippen LogP contribution in [-0.2, 0) is 19.2 Å². The van der Waals surface area contributed by atoms with E-state index in [2.05, 4.69) is 28.2 Å². The number of hydrogen-bond donors (Lipinski definition) is 4. The second-order valence-corrected chi connectivity index (χ2v) is 5.29. The Morgan fingerprint density at radius 3 is 1.48 bits per heavy atom. The summed E-state index contributed by atoms with van der Waals surface area (Å²) in [6, 6.07) is 12.1. The number of aromatic nitrogens is 2. The van der Waals surface area contributed by atoms with E-state index in [1.165, 1.54) is 0 Å². The van der Waals surface area contributed by atoms with E-state index in [4.69, 9.17) is 39.6 Å². The van der Waals surface area contributed by atoms with Gasteiger partial charge in [-0.15, -0.1) is 0 Å². The Balaban J connectivity index is -0.000000388. The van der Waals surface area contributed by atoms with Crippen molar-refractivity contribution in [2.45, 2.75) is 27.7 Å². The van der Waals surface area contributed by atoms with E-state index in [1.807, 2.05) is 24.4 Å². The number of pyridine rings is 2. The second kappa shape index (κ2) is 19.2. The van der Waals surface area contributed by atoms with E-state index in [-0.39, 0.29) is 38.6 Å². The minimum absolute atomic E-state index is 0. The van der Waals surface area contributed by atoms with Crippen molar-refractivity contribution in [3.63, 3.8) is 0 Å². The number of aliphatic carboxylic acids is 4. The summed E-state index contributed by atoms with van der Waals surface area (Å²) in [4.78, 5) is 44.7. The minimum atomic E-state index is -0.833. The Morgan fingerprint density at radius 2 is 1.03 bits per heavy atom. The fourth-order valence-electron chi connectivity index (χ4n) is 1.70. The maximum absolute atomic E-state index is 9.00. The first-order chi connectivity index (χ1) is 13.9. The van der Waals surface area contributed by atoms with E-state index >= 15 is 0 Å². The van der Waals surface area contributed by atoms with Crippen LogP contribution in [0.4, 0.5) is 0 Å². The molecule has 0 spiro atoms. The van der Waals surface area contributed by atoms with Crippen molar-refractivity contribution < 1.29 is 78.2 Å². The first kappa shape index (κ1) is 32.9. The Kier molecular flexibility index (Phi) is 20.3. The standard InChI is InChI=1S/C12H8N2.4C2H4O2.Tb/c1-3-9-5-6-11-10(4-2-7-13-11)12(9)14-8-1;4*1-2(3)4;/h1-8H;4*1H3,(H,3,4);. The summed E-state index contributed by atoms with van der Waals surface area (Å²) < 4.78 is 0. The van der Waals surface area contributed by atoms with Gasteiger partial charge in [0.05, 0.1) is 11.0 Å². The van der Waals surface area contributed by atoms with Gasteiger partial charge in [0.15, 0.2) is 0 Å². The molecule has 2 aromatic heterocycles. The molecule has 1 radical (unpaired) electrons. The summed E-state index contributed by atoms with van der Waals surface area (Å²) in [5, 5.41) is 31.9. The van der Waals surface area contributed by atoms with Crippen molar-refractivity contribution >= 4 is 45.7 Å². The molecule has 3 aromatic rings. The number of carboxylic acids is 4. The molecule has 0 amide bonds. The summed E-state index contributed by atoms with van der Waals surface area (Å²) in [5.74, 6) is -3.33. The summed E-state index contributed by atoms with van der Waals surface area (Å²) in [7, 11) is 0. The fourth-order valence-corrected chi connectivity index (χ4v) is 1.70. The molecule has 0 unspecified atom stereocenters. The van der Waals surface area contributed by atoms with Gasteiger partial charge in [-0.05, 0) is 24.3 Å². The van der Waals surface area contributed by atoms with Crippen molar-refractivity contribution in [1.29, 1.82) is 0 Å². The van der Waals surface area contributed by atoms with Crippen molar-refractivity contribution in [2.24, 2.45) is 0 Å². The van der Waals surface area contributed by atoms with Gasteiger partial charge >= 0.3 is 0 Å². The van der Waals surface area contributed by atoms with Crippen LogP contribution in [0.1, 0.15) is 27.7 Å². The Labute approximate surface area is 209 Å².